The third-order valence-electron chi connectivity index (χ3n) is 1.81. The number of hydrogen-bond acceptors (Lipinski definition) is 6. The molecule has 0 atom stereocenters. The summed E-state index contributed by atoms with van der Waals surface area (Å²) in [6.45, 7) is 0. The molecule has 0 amide bonds. The molecule has 0 aliphatic carbocycles. The van der Waals surface area contributed by atoms with E-state index in [4.69, 9.17) is 0 Å². The molecule has 0 aromatic carbocycles. The summed E-state index contributed by atoms with van der Waals surface area (Å²) in [5.41, 5.74) is -0.477. The van der Waals surface area contributed by atoms with E-state index >= 15 is 0 Å². The normalized spacial score (nSPS) is 9.29. The van der Waals surface area contributed by atoms with Crippen molar-refractivity contribution in [2.45, 2.75) is 0 Å². The SMILES string of the molecule is COC(=O)C(=Cc1cn[nH]c(=O)c1)C(=O)OC. The van der Waals surface area contributed by atoms with Gasteiger partial charge in [0.2, 0.25) is 0 Å². The van der Waals surface area contributed by atoms with Crippen molar-refractivity contribution in [3.05, 3.63) is 33.8 Å². The molecule has 0 aliphatic heterocycles. The van der Waals surface area contributed by atoms with Crippen LogP contribution in [0.25, 0.3) is 6.08 Å². The first kappa shape index (κ1) is 12.6. The van der Waals surface area contributed by atoms with E-state index in [1.807, 2.05) is 0 Å². The molecule has 0 fully saturated rings. The summed E-state index contributed by atoms with van der Waals surface area (Å²) in [5.74, 6) is -1.70. The number of carbonyl (C=O) groups excluding carboxylic acids is 2. The molecule has 1 aromatic heterocycles. The van der Waals surface area contributed by atoms with E-state index in [0.29, 0.717) is 5.56 Å². The van der Waals surface area contributed by atoms with Gasteiger partial charge in [-0.3, -0.25) is 4.79 Å². The van der Waals surface area contributed by atoms with Crippen LogP contribution < -0.4 is 5.56 Å². The maximum atomic E-state index is 11.3. The number of rotatable bonds is 3. The molecule has 0 unspecified atom stereocenters. The fourth-order valence-electron chi connectivity index (χ4n) is 1.06. The molecule has 0 aliphatic rings. The third-order valence-corrected chi connectivity index (χ3v) is 1.81. The molecule has 0 radical (unpaired) electrons. The summed E-state index contributed by atoms with van der Waals surface area (Å²) in [6, 6.07) is 1.18. The number of aromatic amines is 1. The van der Waals surface area contributed by atoms with Crippen LogP contribution in [-0.4, -0.2) is 36.4 Å². The number of nitrogens with one attached hydrogen (secondary N) is 1. The van der Waals surface area contributed by atoms with Gasteiger partial charge < -0.3 is 9.47 Å². The monoisotopic (exact) mass is 238 g/mol. The van der Waals surface area contributed by atoms with Gasteiger partial charge in [-0.15, -0.1) is 0 Å². The molecule has 1 N–H and O–H groups in total. The zero-order chi connectivity index (χ0) is 12.8. The Morgan fingerprint density at radius 1 is 1.29 bits per heavy atom. The number of ether oxygens (including phenoxy) is 2. The van der Waals surface area contributed by atoms with Crippen molar-refractivity contribution in [3.8, 4) is 0 Å². The Bertz CT molecular complexity index is 499. The second kappa shape index (κ2) is 5.59. The summed E-state index contributed by atoms with van der Waals surface area (Å²) in [5, 5.41) is 5.69. The molecule has 7 nitrogen and oxygen atoms in total. The number of methoxy groups -OCH3 is 2. The largest absolute Gasteiger partial charge is 0.465 e. The minimum Gasteiger partial charge on any atom is -0.465 e. The lowest BCUT2D eigenvalue weighted by atomic mass is 10.2. The standard InChI is InChI=1S/C10H10N2O5/c1-16-9(14)7(10(15)17-2)3-6-4-8(13)12-11-5-6/h3-5H,1-2H3,(H,12,13). The van der Waals surface area contributed by atoms with E-state index in [1.54, 1.807) is 0 Å². The Labute approximate surface area is 96.1 Å². The first-order chi connectivity index (χ1) is 8.08. The third kappa shape index (κ3) is 3.26. The zero-order valence-electron chi connectivity index (χ0n) is 9.22. The maximum Gasteiger partial charge on any atom is 0.345 e. The zero-order valence-corrected chi connectivity index (χ0v) is 9.22. The molecule has 17 heavy (non-hydrogen) atoms. The summed E-state index contributed by atoms with van der Waals surface area (Å²) < 4.78 is 8.85. The molecular formula is C10H10N2O5. The van der Waals surface area contributed by atoms with E-state index in [2.05, 4.69) is 19.7 Å². The highest BCUT2D eigenvalue weighted by Crippen LogP contribution is 2.07. The van der Waals surface area contributed by atoms with Crippen LogP contribution in [0.2, 0.25) is 0 Å². The lowest BCUT2D eigenvalue weighted by Gasteiger charge is -2.02. The molecule has 0 spiro atoms. The van der Waals surface area contributed by atoms with Gasteiger partial charge in [-0.2, -0.15) is 5.10 Å². The highest BCUT2D eigenvalue weighted by molar-refractivity contribution is 6.17. The highest BCUT2D eigenvalue weighted by Gasteiger charge is 2.19. The Balaban J connectivity index is 3.18. The molecule has 1 heterocycles. The molecule has 0 saturated heterocycles. The topological polar surface area (TPSA) is 98.4 Å². The van der Waals surface area contributed by atoms with Gasteiger partial charge in [-0.25, -0.2) is 14.7 Å². The Hall–Kier alpha value is -2.44. The fourth-order valence-corrected chi connectivity index (χ4v) is 1.06. The van der Waals surface area contributed by atoms with Gasteiger partial charge in [-0.1, -0.05) is 0 Å². The number of hydrogen-bond donors (Lipinski definition) is 1. The second-order valence-electron chi connectivity index (χ2n) is 2.92. The highest BCUT2D eigenvalue weighted by atomic mass is 16.5. The van der Waals surface area contributed by atoms with E-state index in [1.165, 1.54) is 18.3 Å². The smallest absolute Gasteiger partial charge is 0.345 e. The lowest BCUT2D eigenvalue weighted by Crippen LogP contribution is -2.16. The molecular weight excluding hydrogens is 228 g/mol. The number of carbonyl (C=O) groups is 2. The molecule has 90 valence electrons. The van der Waals surface area contributed by atoms with Gasteiger partial charge in [0.25, 0.3) is 5.56 Å². The summed E-state index contributed by atoms with van der Waals surface area (Å²) >= 11 is 0. The van der Waals surface area contributed by atoms with Gasteiger partial charge in [0, 0.05) is 11.6 Å². The van der Waals surface area contributed by atoms with Crippen molar-refractivity contribution in [2.75, 3.05) is 14.2 Å². The Morgan fingerprint density at radius 2 is 1.88 bits per heavy atom. The minimum atomic E-state index is -0.850. The molecule has 1 aromatic rings. The van der Waals surface area contributed by atoms with E-state index in [0.717, 1.165) is 14.2 Å². The fraction of sp³-hybridized carbons (Fsp3) is 0.200. The quantitative estimate of drug-likeness (QED) is 0.330. The maximum absolute atomic E-state index is 11.3. The van der Waals surface area contributed by atoms with E-state index in [-0.39, 0.29) is 5.57 Å². The van der Waals surface area contributed by atoms with Crippen molar-refractivity contribution in [2.24, 2.45) is 0 Å². The van der Waals surface area contributed by atoms with Crippen LogP contribution in [-0.2, 0) is 19.1 Å². The minimum absolute atomic E-state index is 0.291. The average Bonchev–Trinajstić information content (AvgIpc) is 2.34. The van der Waals surface area contributed by atoms with Crippen molar-refractivity contribution in [3.63, 3.8) is 0 Å². The van der Waals surface area contributed by atoms with Crippen LogP contribution in [0, 0.1) is 0 Å². The Kier molecular flexibility index (Phi) is 4.15. The Morgan fingerprint density at radius 3 is 2.35 bits per heavy atom. The van der Waals surface area contributed by atoms with Crippen LogP contribution in [0.1, 0.15) is 5.56 Å². The van der Waals surface area contributed by atoms with Gasteiger partial charge in [-0.05, 0) is 6.08 Å². The summed E-state index contributed by atoms with van der Waals surface area (Å²) in [6.07, 6.45) is 2.45. The summed E-state index contributed by atoms with van der Waals surface area (Å²) in [4.78, 5) is 33.6. The van der Waals surface area contributed by atoms with Crippen molar-refractivity contribution >= 4 is 18.0 Å². The van der Waals surface area contributed by atoms with E-state index < -0.39 is 17.5 Å². The first-order valence-corrected chi connectivity index (χ1v) is 4.51. The van der Waals surface area contributed by atoms with Crippen LogP contribution in [0.5, 0.6) is 0 Å². The van der Waals surface area contributed by atoms with E-state index in [9.17, 15) is 14.4 Å². The molecule has 0 bridgehead atoms. The van der Waals surface area contributed by atoms with Gasteiger partial charge >= 0.3 is 11.9 Å². The number of H-pyrrole nitrogens is 1. The predicted octanol–water partition coefficient (Wildman–Crippen LogP) is -0.501. The lowest BCUT2D eigenvalue weighted by molar-refractivity contribution is -0.143. The van der Waals surface area contributed by atoms with Gasteiger partial charge in [0.05, 0.1) is 20.4 Å². The number of nitrogens with zero attached hydrogens (tertiary/aromatic N) is 1. The van der Waals surface area contributed by atoms with Crippen molar-refractivity contribution < 1.29 is 19.1 Å². The molecule has 1 rings (SSSR count). The van der Waals surface area contributed by atoms with Gasteiger partial charge in [0.1, 0.15) is 5.57 Å². The van der Waals surface area contributed by atoms with Crippen LogP contribution in [0.3, 0.4) is 0 Å². The molecule has 0 saturated carbocycles. The van der Waals surface area contributed by atoms with Crippen molar-refractivity contribution in [1.82, 2.24) is 10.2 Å². The number of aromatic nitrogens is 2. The second-order valence-corrected chi connectivity index (χ2v) is 2.92. The van der Waals surface area contributed by atoms with Crippen molar-refractivity contribution in [1.29, 1.82) is 0 Å². The van der Waals surface area contributed by atoms with Crippen LogP contribution >= 0.6 is 0 Å². The first-order valence-electron chi connectivity index (χ1n) is 4.51. The predicted molar refractivity (Wildman–Crippen MR) is 56.9 cm³/mol. The average molecular weight is 238 g/mol. The molecule has 7 heteroatoms. The summed E-state index contributed by atoms with van der Waals surface area (Å²) in [7, 11) is 2.27. The van der Waals surface area contributed by atoms with Crippen LogP contribution in [0.15, 0.2) is 22.6 Å². The van der Waals surface area contributed by atoms with Gasteiger partial charge in [0.15, 0.2) is 0 Å². The number of esters is 2. The van der Waals surface area contributed by atoms with Crippen LogP contribution in [0.4, 0.5) is 0 Å².